The maximum absolute atomic E-state index is 14.3. The highest BCUT2D eigenvalue weighted by molar-refractivity contribution is 7.92. The summed E-state index contributed by atoms with van der Waals surface area (Å²) in [6, 6.07) is 29.4. The van der Waals surface area contributed by atoms with Crippen LogP contribution in [0.4, 0.5) is 5.69 Å². The Labute approximate surface area is 278 Å². The molecule has 1 unspecified atom stereocenters. The third kappa shape index (κ3) is 8.80. The third-order valence-corrected chi connectivity index (χ3v) is 10.4. The number of nitrogens with zero attached hydrogens (tertiary/aromatic N) is 2. The topological polar surface area (TPSA) is 96.0 Å². The van der Waals surface area contributed by atoms with Gasteiger partial charge in [-0.25, -0.2) is 8.42 Å². The number of hydrogen-bond acceptors (Lipinski definition) is 5. The van der Waals surface area contributed by atoms with Crippen molar-refractivity contribution in [2.75, 3.05) is 10.8 Å². The molecule has 1 atom stereocenters. The van der Waals surface area contributed by atoms with Crippen LogP contribution in [0.3, 0.4) is 0 Å². The highest BCUT2D eigenvalue weighted by Crippen LogP contribution is 2.29. The molecule has 4 aromatic rings. The number of hydrogen-bond donors (Lipinski definition) is 1. The molecule has 0 spiro atoms. The largest absolute Gasteiger partial charge is 0.457 e. The fraction of sp³-hybridized carbons (Fsp3) is 0.316. The number of ether oxygens (including phenoxy) is 1. The van der Waals surface area contributed by atoms with E-state index in [4.69, 9.17) is 4.74 Å². The molecule has 4 aromatic carbocycles. The standard InChI is InChI=1S/C38H43N3O5S/c1-28-14-18-31(19-15-28)26-40(30(3)38(43)39-32-10-6-4-7-11-32)37(42)27-41(47(44,45)36-24-16-29(2)17-25-36)33-20-22-35(23-21-33)46-34-12-8-5-9-13-34/h5,8-9,12-25,30,32H,4,6-7,10-11,26-27H2,1-3H3,(H,39,43). The summed E-state index contributed by atoms with van der Waals surface area (Å²) in [5.41, 5.74) is 3.13. The minimum atomic E-state index is -4.17. The zero-order valence-electron chi connectivity index (χ0n) is 27.3. The highest BCUT2D eigenvalue weighted by atomic mass is 32.2. The second-order valence-corrected chi connectivity index (χ2v) is 14.1. The van der Waals surface area contributed by atoms with Crippen LogP contribution < -0.4 is 14.4 Å². The number of anilines is 1. The van der Waals surface area contributed by atoms with Crippen molar-refractivity contribution in [1.82, 2.24) is 10.2 Å². The number of aryl methyl sites for hydroxylation is 2. The van der Waals surface area contributed by atoms with Crippen molar-refractivity contribution < 1.29 is 22.7 Å². The lowest BCUT2D eigenvalue weighted by Gasteiger charge is -2.33. The van der Waals surface area contributed by atoms with E-state index in [2.05, 4.69) is 5.32 Å². The van der Waals surface area contributed by atoms with Crippen molar-refractivity contribution in [2.24, 2.45) is 0 Å². The first-order chi connectivity index (χ1) is 22.6. The van der Waals surface area contributed by atoms with Crippen molar-refractivity contribution in [1.29, 1.82) is 0 Å². The maximum Gasteiger partial charge on any atom is 0.264 e. The van der Waals surface area contributed by atoms with Crippen molar-refractivity contribution in [2.45, 2.75) is 76.4 Å². The van der Waals surface area contributed by atoms with Crippen molar-refractivity contribution >= 4 is 27.5 Å². The normalized spacial score (nSPS) is 14.2. The van der Waals surface area contributed by atoms with Crippen molar-refractivity contribution in [3.05, 3.63) is 120 Å². The molecule has 0 radical (unpaired) electrons. The van der Waals surface area contributed by atoms with Gasteiger partial charge in [-0.05, 0) is 87.7 Å². The van der Waals surface area contributed by atoms with Gasteiger partial charge < -0.3 is 15.0 Å². The fourth-order valence-electron chi connectivity index (χ4n) is 5.71. The van der Waals surface area contributed by atoms with Crippen LogP contribution in [0.5, 0.6) is 11.5 Å². The number of benzene rings is 4. The molecule has 47 heavy (non-hydrogen) atoms. The van der Waals surface area contributed by atoms with Gasteiger partial charge in [0, 0.05) is 12.6 Å². The Morgan fingerprint density at radius 3 is 1.98 bits per heavy atom. The van der Waals surface area contributed by atoms with E-state index in [0.717, 1.165) is 53.1 Å². The molecule has 5 rings (SSSR count). The lowest BCUT2D eigenvalue weighted by atomic mass is 9.95. The molecule has 9 heteroatoms. The molecule has 8 nitrogen and oxygen atoms in total. The summed E-state index contributed by atoms with van der Waals surface area (Å²) in [4.78, 5) is 29.4. The fourth-order valence-corrected chi connectivity index (χ4v) is 7.13. The molecular weight excluding hydrogens is 611 g/mol. The van der Waals surface area contributed by atoms with Gasteiger partial charge >= 0.3 is 0 Å². The number of para-hydroxylation sites is 1. The predicted molar refractivity (Wildman–Crippen MR) is 185 cm³/mol. The molecule has 1 saturated carbocycles. The van der Waals surface area contributed by atoms with Gasteiger partial charge in [-0.3, -0.25) is 13.9 Å². The first-order valence-corrected chi connectivity index (χ1v) is 17.6. The number of sulfonamides is 1. The summed E-state index contributed by atoms with van der Waals surface area (Å²) in [6.07, 6.45) is 5.11. The van der Waals surface area contributed by atoms with Gasteiger partial charge in [0.2, 0.25) is 11.8 Å². The highest BCUT2D eigenvalue weighted by Gasteiger charge is 2.33. The molecule has 0 aliphatic heterocycles. The van der Waals surface area contributed by atoms with Gasteiger partial charge in [-0.15, -0.1) is 0 Å². The first kappa shape index (κ1) is 33.7. The predicted octanol–water partition coefficient (Wildman–Crippen LogP) is 7.16. The van der Waals surface area contributed by atoms with Crippen LogP contribution >= 0.6 is 0 Å². The third-order valence-electron chi connectivity index (χ3n) is 8.58. The van der Waals surface area contributed by atoms with Gasteiger partial charge in [0.25, 0.3) is 10.0 Å². The number of nitrogens with one attached hydrogen (secondary N) is 1. The molecule has 1 N–H and O–H groups in total. The smallest absolute Gasteiger partial charge is 0.264 e. The van der Waals surface area contributed by atoms with Crippen LogP contribution in [0.15, 0.2) is 108 Å². The van der Waals surface area contributed by atoms with Crippen LogP contribution in [-0.4, -0.2) is 43.8 Å². The van der Waals surface area contributed by atoms with E-state index in [1.807, 2.05) is 68.4 Å². The summed E-state index contributed by atoms with van der Waals surface area (Å²) in [5, 5.41) is 3.14. The van der Waals surface area contributed by atoms with Crippen LogP contribution in [0, 0.1) is 13.8 Å². The van der Waals surface area contributed by atoms with Crippen molar-refractivity contribution in [3.8, 4) is 11.5 Å². The summed E-state index contributed by atoms with van der Waals surface area (Å²) in [5.74, 6) is 0.435. The zero-order valence-corrected chi connectivity index (χ0v) is 28.1. The van der Waals surface area contributed by atoms with Gasteiger partial charge in [-0.2, -0.15) is 0 Å². The van der Waals surface area contributed by atoms with Crippen molar-refractivity contribution in [3.63, 3.8) is 0 Å². The Balaban J connectivity index is 1.46. The number of carbonyl (C=O) groups is 2. The van der Waals surface area contributed by atoms with Gasteiger partial charge in [0.15, 0.2) is 0 Å². The van der Waals surface area contributed by atoms with E-state index in [9.17, 15) is 18.0 Å². The van der Waals surface area contributed by atoms with E-state index in [0.29, 0.717) is 17.2 Å². The van der Waals surface area contributed by atoms with E-state index < -0.39 is 28.5 Å². The quantitative estimate of drug-likeness (QED) is 0.175. The minimum Gasteiger partial charge on any atom is -0.457 e. The molecular formula is C38H43N3O5S. The summed E-state index contributed by atoms with van der Waals surface area (Å²) < 4.78 is 35.4. The van der Waals surface area contributed by atoms with Crippen LogP contribution in [0.2, 0.25) is 0 Å². The van der Waals surface area contributed by atoms with E-state index in [-0.39, 0.29) is 23.4 Å². The van der Waals surface area contributed by atoms with E-state index in [1.54, 1.807) is 55.5 Å². The Hall–Kier alpha value is -4.63. The lowest BCUT2D eigenvalue weighted by Crippen LogP contribution is -2.53. The minimum absolute atomic E-state index is 0.0636. The summed E-state index contributed by atoms with van der Waals surface area (Å²) >= 11 is 0. The summed E-state index contributed by atoms with van der Waals surface area (Å²) in [7, 11) is -4.17. The summed E-state index contributed by atoms with van der Waals surface area (Å²) in [6.45, 7) is 5.23. The molecule has 0 saturated heterocycles. The van der Waals surface area contributed by atoms with Crippen LogP contribution in [0.1, 0.15) is 55.7 Å². The number of amides is 2. The van der Waals surface area contributed by atoms with E-state index >= 15 is 0 Å². The average Bonchev–Trinajstić information content (AvgIpc) is 3.08. The Morgan fingerprint density at radius 2 is 1.36 bits per heavy atom. The van der Waals surface area contributed by atoms with E-state index in [1.165, 1.54) is 4.90 Å². The van der Waals surface area contributed by atoms with Gasteiger partial charge in [0.1, 0.15) is 24.1 Å². The zero-order chi connectivity index (χ0) is 33.4. The Morgan fingerprint density at radius 1 is 0.787 bits per heavy atom. The Bertz CT molecular complexity index is 1740. The Kier molecular flexibility index (Phi) is 11.0. The van der Waals surface area contributed by atoms with Crippen LogP contribution in [-0.2, 0) is 26.2 Å². The SMILES string of the molecule is Cc1ccc(CN(C(=O)CN(c2ccc(Oc3ccccc3)cc2)S(=O)(=O)c2ccc(C)cc2)C(C)C(=O)NC2CCCCC2)cc1. The van der Waals surface area contributed by atoms with Crippen LogP contribution in [0.25, 0.3) is 0 Å². The van der Waals surface area contributed by atoms with Gasteiger partial charge in [0.05, 0.1) is 10.6 Å². The molecule has 0 bridgehead atoms. The average molecular weight is 654 g/mol. The van der Waals surface area contributed by atoms with Gasteiger partial charge in [-0.1, -0.05) is 85.0 Å². The lowest BCUT2D eigenvalue weighted by molar-refractivity contribution is -0.139. The first-order valence-electron chi connectivity index (χ1n) is 16.2. The molecule has 246 valence electrons. The molecule has 0 heterocycles. The second-order valence-electron chi connectivity index (χ2n) is 12.3. The molecule has 0 aromatic heterocycles. The monoisotopic (exact) mass is 653 g/mol. The molecule has 1 aliphatic carbocycles. The maximum atomic E-state index is 14.3. The second kappa shape index (κ2) is 15.3. The molecule has 1 fully saturated rings. The number of rotatable bonds is 12. The molecule has 1 aliphatic rings. The molecule has 2 amide bonds. The number of carbonyl (C=O) groups excluding carboxylic acids is 2.